The predicted molar refractivity (Wildman–Crippen MR) is 120 cm³/mol. The molecular weight excluding hydrogens is 432 g/mol. The van der Waals surface area contributed by atoms with E-state index in [1.165, 1.54) is 4.90 Å². The number of aliphatic hydroxyl groups is 1. The number of ketones is 1. The SMILES string of the molecule is CC(C)OCCCN1C(=O)C(O)=C(C(=O)c2cc3cc(Cl)ccc3o2)C1c1cccnc1. The summed E-state index contributed by atoms with van der Waals surface area (Å²) in [6, 6.07) is 9.30. The molecule has 8 heteroatoms. The van der Waals surface area contributed by atoms with E-state index in [0.29, 0.717) is 41.1 Å². The molecule has 1 aliphatic heterocycles. The second-order valence-corrected chi connectivity index (χ2v) is 8.28. The van der Waals surface area contributed by atoms with Crippen LogP contribution in [0.2, 0.25) is 5.02 Å². The fraction of sp³-hybridized carbons (Fsp3) is 0.292. The number of ether oxygens (including phenoxy) is 1. The highest BCUT2D eigenvalue weighted by Crippen LogP contribution is 2.39. The number of aromatic nitrogens is 1. The maximum Gasteiger partial charge on any atom is 0.290 e. The van der Waals surface area contributed by atoms with Crippen LogP contribution in [0.15, 0.2) is 64.5 Å². The molecule has 3 heterocycles. The van der Waals surface area contributed by atoms with Crippen molar-refractivity contribution >= 4 is 34.3 Å². The summed E-state index contributed by atoms with van der Waals surface area (Å²) < 4.78 is 11.3. The lowest BCUT2D eigenvalue weighted by atomic mass is 9.96. The molecule has 1 N–H and O–H groups in total. The molecule has 166 valence electrons. The van der Waals surface area contributed by atoms with Crippen LogP contribution in [0.3, 0.4) is 0 Å². The van der Waals surface area contributed by atoms with Gasteiger partial charge in [0.2, 0.25) is 5.78 Å². The number of hydrogen-bond donors (Lipinski definition) is 1. The first kappa shape index (κ1) is 22.0. The monoisotopic (exact) mass is 454 g/mol. The minimum Gasteiger partial charge on any atom is -0.503 e. The Labute approximate surface area is 190 Å². The Balaban J connectivity index is 1.69. The van der Waals surface area contributed by atoms with Gasteiger partial charge in [-0.25, -0.2) is 0 Å². The third kappa shape index (κ3) is 4.26. The first-order valence-electron chi connectivity index (χ1n) is 10.4. The number of furan rings is 1. The zero-order valence-corrected chi connectivity index (χ0v) is 18.5. The number of rotatable bonds is 8. The summed E-state index contributed by atoms with van der Waals surface area (Å²) in [6.07, 6.45) is 3.82. The topological polar surface area (TPSA) is 92.9 Å². The first-order chi connectivity index (χ1) is 15.4. The summed E-state index contributed by atoms with van der Waals surface area (Å²) in [6.45, 7) is 4.63. The van der Waals surface area contributed by atoms with E-state index in [1.807, 2.05) is 13.8 Å². The van der Waals surface area contributed by atoms with Crippen molar-refractivity contribution in [3.05, 3.63) is 76.5 Å². The summed E-state index contributed by atoms with van der Waals surface area (Å²) in [7, 11) is 0. The van der Waals surface area contributed by atoms with Crippen molar-refractivity contribution in [1.82, 2.24) is 9.88 Å². The van der Waals surface area contributed by atoms with Gasteiger partial charge in [-0.05, 0) is 56.2 Å². The molecule has 1 atom stereocenters. The van der Waals surface area contributed by atoms with Crippen LogP contribution in [-0.2, 0) is 9.53 Å². The molecule has 0 saturated carbocycles. The summed E-state index contributed by atoms with van der Waals surface area (Å²) in [5.41, 5.74) is 1.08. The molecule has 1 unspecified atom stereocenters. The van der Waals surface area contributed by atoms with Crippen molar-refractivity contribution in [3.8, 4) is 0 Å². The summed E-state index contributed by atoms with van der Waals surface area (Å²) in [4.78, 5) is 32.0. The molecule has 1 amide bonds. The average Bonchev–Trinajstić information content (AvgIpc) is 3.30. The Morgan fingerprint density at radius 2 is 2.12 bits per heavy atom. The zero-order valence-electron chi connectivity index (χ0n) is 17.7. The maximum absolute atomic E-state index is 13.4. The van der Waals surface area contributed by atoms with Crippen molar-refractivity contribution in [2.45, 2.75) is 32.4 Å². The highest BCUT2D eigenvalue weighted by molar-refractivity contribution is 6.31. The van der Waals surface area contributed by atoms with E-state index in [1.54, 1.807) is 48.8 Å². The first-order valence-corrected chi connectivity index (χ1v) is 10.7. The summed E-state index contributed by atoms with van der Waals surface area (Å²) >= 11 is 6.03. The number of amides is 1. The maximum atomic E-state index is 13.4. The van der Waals surface area contributed by atoms with Crippen molar-refractivity contribution in [2.24, 2.45) is 0 Å². The molecule has 0 saturated heterocycles. The number of benzene rings is 1. The highest BCUT2D eigenvalue weighted by atomic mass is 35.5. The lowest BCUT2D eigenvalue weighted by molar-refractivity contribution is -0.129. The third-order valence-corrected chi connectivity index (χ3v) is 5.48. The number of nitrogens with zero attached hydrogens (tertiary/aromatic N) is 2. The van der Waals surface area contributed by atoms with Crippen LogP contribution in [0.1, 0.15) is 42.4 Å². The number of carbonyl (C=O) groups excluding carboxylic acids is 2. The molecular formula is C24H23ClN2O5. The molecule has 0 radical (unpaired) electrons. The Morgan fingerprint density at radius 1 is 1.31 bits per heavy atom. The molecule has 0 fully saturated rings. The highest BCUT2D eigenvalue weighted by Gasteiger charge is 2.44. The number of carbonyl (C=O) groups is 2. The van der Waals surface area contributed by atoms with Gasteiger partial charge in [0.15, 0.2) is 11.5 Å². The largest absolute Gasteiger partial charge is 0.503 e. The molecule has 32 heavy (non-hydrogen) atoms. The van der Waals surface area contributed by atoms with Gasteiger partial charge in [0, 0.05) is 36.0 Å². The van der Waals surface area contributed by atoms with Gasteiger partial charge in [-0.1, -0.05) is 17.7 Å². The average molecular weight is 455 g/mol. The smallest absolute Gasteiger partial charge is 0.290 e. The van der Waals surface area contributed by atoms with Gasteiger partial charge in [0.1, 0.15) is 5.58 Å². The minimum absolute atomic E-state index is 0.0236. The van der Waals surface area contributed by atoms with Gasteiger partial charge in [0.05, 0.1) is 17.7 Å². The van der Waals surface area contributed by atoms with Crippen LogP contribution in [-0.4, -0.2) is 45.9 Å². The van der Waals surface area contributed by atoms with Crippen molar-refractivity contribution in [3.63, 3.8) is 0 Å². The number of hydrogen-bond acceptors (Lipinski definition) is 6. The number of Topliss-reactive ketones (excluding diaryl/α,β-unsaturated/α-hetero) is 1. The second kappa shape index (κ2) is 9.14. The lowest BCUT2D eigenvalue weighted by Crippen LogP contribution is -2.32. The third-order valence-electron chi connectivity index (χ3n) is 5.25. The van der Waals surface area contributed by atoms with E-state index in [-0.39, 0.29) is 17.4 Å². The Kier molecular flexibility index (Phi) is 6.30. The lowest BCUT2D eigenvalue weighted by Gasteiger charge is -2.26. The standard InChI is InChI=1S/C24H23ClN2O5/c1-14(2)31-10-4-9-27-21(15-5-3-8-26-13-15)20(23(29)24(27)30)22(28)19-12-16-11-17(25)6-7-18(16)32-19/h3,5-8,11-14,21,29H,4,9-10H2,1-2H3. The van der Waals surface area contributed by atoms with Crippen LogP contribution >= 0.6 is 11.6 Å². The van der Waals surface area contributed by atoms with Crippen LogP contribution < -0.4 is 0 Å². The normalized spacial score (nSPS) is 16.6. The van der Waals surface area contributed by atoms with Crippen LogP contribution in [0.4, 0.5) is 0 Å². The van der Waals surface area contributed by atoms with E-state index in [4.69, 9.17) is 20.8 Å². The van der Waals surface area contributed by atoms with Gasteiger partial charge in [0.25, 0.3) is 5.91 Å². The van der Waals surface area contributed by atoms with E-state index in [2.05, 4.69) is 4.98 Å². The van der Waals surface area contributed by atoms with Crippen molar-refractivity contribution in [1.29, 1.82) is 0 Å². The molecule has 4 rings (SSSR count). The van der Waals surface area contributed by atoms with Crippen LogP contribution in [0, 0.1) is 0 Å². The summed E-state index contributed by atoms with van der Waals surface area (Å²) in [5.74, 6) is -1.72. The second-order valence-electron chi connectivity index (χ2n) is 7.84. The quantitative estimate of drug-likeness (QED) is 0.385. The van der Waals surface area contributed by atoms with Gasteiger partial charge in [-0.2, -0.15) is 0 Å². The van der Waals surface area contributed by atoms with Gasteiger partial charge >= 0.3 is 0 Å². The Hall–Kier alpha value is -3.16. The fourth-order valence-electron chi connectivity index (χ4n) is 3.81. The predicted octanol–water partition coefficient (Wildman–Crippen LogP) is 4.87. The molecule has 1 aliphatic rings. The molecule has 3 aromatic rings. The van der Waals surface area contributed by atoms with Crippen LogP contribution in [0.25, 0.3) is 11.0 Å². The minimum atomic E-state index is -0.778. The molecule has 2 aromatic heterocycles. The number of aliphatic hydroxyl groups excluding tert-OH is 1. The van der Waals surface area contributed by atoms with Gasteiger partial charge < -0.3 is 19.2 Å². The van der Waals surface area contributed by atoms with E-state index < -0.39 is 23.5 Å². The van der Waals surface area contributed by atoms with E-state index in [9.17, 15) is 14.7 Å². The summed E-state index contributed by atoms with van der Waals surface area (Å²) in [5, 5.41) is 11.9. The number of pyridine rings is 1. The Morgan fingerprint density at radius 3 is 2.84 bits per heavy atom. The molecule has 7 nitrogen and oxygen atoms in total. The van der Waals surface area contributed by atoms with Crippen molar-refractivity contribution < 1.29 is 23.8 Å². The van der Waals surface area contributed by atoms with Crippen molar-refractivity contribution in [2.75, 3.05) is 13.2 Å². The van der Waals surface area contributed by atoms with E-state index >= 15 is 0 Å². The molecule has 0 bridgehead atoms. The van der Waals surface area contributed by atoms with Gasteiger partial charge in [-0.3, -0.25) is 14.6 Å². The van der Waals surface area contributed by atoms with E-state index in [0.717, 1.165) is 0 Å². The zero-order chi connectivity index (χ0) is 22.8. The number of halogens is 1. The molecule has 0 spiro atoms. The Bertz CT molecular complexity index is 1190. The van der Waals surface area contributed by atoms with Crippen LogP contribution in [0.5, 0.6) is 0 Å². The number of fused-ring (bicyclic) bond motifs is 1. The molecule has 1 aromatic carbocycles. The fourth-order valence-corrected chi connectivity index (χ4v) is 3.99. The van der Waals surface area contributed by atoms with Gasteiger partial charge in [-0.15, -0.1) is 0 Å². The molecule has 0 aliphatic carbocycles.